The van der Waals surface area contributed by atoms with Crippen molar-refractivity contribution in [3.05, 3.63) is 29.8 Å². The number of sulfonamides is 1. The van der Waals surface area contributed by atoms with Gasteiger partial charge in [0.05, 0.1) is 10.9 Å². The van der Waals surface area contributed by atoms with E-state index in [1.807, 2.05) is 30.6 Å². The molecule has 0 heterocycles. The third-order valence-electron chi connectivity index (χ3n) is 3.39. The number of thioether (sulfide) groups is 1. The van der Waals surface area contributed by atoms with Crippen molar-refractivity contribution in [2.75, 3.05) is 25.6 Å². The fourth-order valence-electron chi connectivity index (χ4n) is 1.87. The summed E-state index contributed by atoms with van der Waals surface area (Å²) in [4.78, 5) is 2.07. The monoisotopic (exact) mass is 361 g/mol. The third kappa shape index (κ3) is 5.75. The van der Waals surface area contributed by atoms with Gasteiger partial charge in [0, 0.05) is 13.6 Å². The summed E-state index contributed by atoms with van der Waals surface area (Å²) in [5.74, 6) is 1.10. The lowest BCUT2D eigenvalue weighted by molar-refractivity contribution is 0.395. The van der Waals surface area contributed by atoms with Crippen molar-refractivity contribution in [3.63, 3.8) is 0 Å². The Morgan fingerprint density at radius 1 is 1.41 bits per heavy atom. The Kier molecular flexibility index (Phi) is 7.61. The van der Waals surface area contributed by atoms with Crippen molar-refractivity contribution in [1.82, 2.24) is 10.2 Å². The van der Waals surface area contributed by atoms with Gasteiger partial charge in [-0.2, -0.15) is 11.8 Å². The standard InChI is InChI=1S/C14H23N3O2S3/c1-11(17(2)14(20)16-9-4-10-21-3)12-5-7-13(8-6-12)22(15,18)19/h5-8,11H,4,9-10H2,1-3H3,(H,16,20)(H2,15,18,19)/t11-/m1/s1. The molecular weight excluding hydrogens is 338 g/mol. The second-order valence-electron chi connectivity index (χ2n) is 4.98. The number of primary sulfonamides is 1. The van der Waals surface area contributed by atoms with Crippen LogP contribution in [0.2, 0.25) is 0 Å². The highest BCUT2D eigenvalue weighted by Crippen LogP contribution is 2.20. The van der Waals surface area contributed by atoms with Gasteiger partial charge in [0.25, 0.3) is 0 Å². The number of nitrogens with zero attached hydrogens (tertiary/aromatic N) is 1. The van der Waals surface area contributed by atoms with E-state index in [1.165, 1.54) is 12.1 Å². The van der Waals surface area contributed by atoms with Crippen molar-refractivity contribution in [2.45, 2.75) is 24.3 Å². The lowest BCUT2D eigenvalue weighted by Crippen LogP contribution is -2.39. The van der Waals surface area contributed by atoms with Crippen LogP contribution in [-0.2, 0) is 10.0 Å². The van der Waals surface area contributed by atoms with Gasteiger partial charge in [-0.25, -0.2) is 13.6 Å². The topological polar surface area (TPSA) is 75.4 Å². The largest absolute Gasteiger partial charge is 0.363 e. The van der Waals surface area contributed by atoms with Crippen LogP contribution in [0.25, 0.3) is 0 Å². The number of rotatable bonds is 7. The quantitative estimate of drug-likeness (QED) is 0.571. The van der Waals surface area contributed by atoms with Gasteiger partial charge in [0.2, 0.25) is 10.0 Å². The Balaban J connectivity index is 2.66. The average molecular weight is 362 g/mol. The summed E-state index contributed by atoms with van der Waals surface area (Å²) in [6.45, 7) is 2.86. The van der Waals surface area contributed by atoms with Crippen molar-refractivity contribution in [3.8, 4) is 0 Å². The number of thiocarbonyl (C=S) groups is 1. The van der Waals surface area contributed by atoms with Gasteiger partial charge < -0.3 is 10.2 Å². The minimum atomic E-state index is -3.65. The molecule has 3 N–H and O–H groups in total. The number of nitrogens with two attached hydrogens (primary N) is 1. The summed E-state index contributed by atoms with van der Waals surface area (Å²) in [7, 11) is -1.73. The molecule has 1 atom stereocenters. The zero-order chi connectivity index (χ0) is 16.8. The van der Waals surface area contributed by atoms with Crippen LogP contribution in [0.4, 0.5) is 0 Å². The molecular formula is C14H23N3O2S3. The molecule has 0 aliphatic carbocycles. The second-order valence-corrected chi connectivity index (χ2v) is 7.91. The van der Waals surface area contributed by atoms with Gasteiger partial charge in [-0.05, 0) is 55.3 Å². The summed E-state index contributed by atoms with van der Waals surface area (Å²) < 4.78 is 22.5. The molecule has 1 rings (SSSR count). The molecule has 0 radical (unpaired) electrons. The minimum absolute atomic E-state index is 0.0371. The normalized spacial score (nSPS) is 12.7. The summed E-state index contributed by atoms with van der Waals surface area (Å²) in [6.07, 6.45) is 3.14. The van der Waals surface area contributed by atoms with Crippen molar-refractivity contribution in [2.24, 2.45) is 5.14 Å². The van der Waals surface area contributed by atoms with E-state index in [2.05, 4.69) is 11.6 Å². The minimum Gasteiger partial charge on any atom is -0.363 e. The maximum Gasteiger partial charge on any atom is 0.238 e. The molecule has 1 aromatic carbocycles. The molecule has 0 saturated heterocycles. The van der Waals surface area contributed by atoms with E-state index in [9.17, 15) is 8.42 Å². The fourth-order valence-corrected chi connectivity index (χ4v) is 3.08. The Labute approximate surface area is 142 Å². The van der Waals surface area contributed by atoms with Crippen LogP contribution in [0.3, 0.4) is 0 Å². The molecule has 0 spiro atoms. The van der Waals surface area contributed by atoms with Crippen LogP contribution < -0.4 is 10.5 Å². The van der Waals surface area contributed by atoms with Gasteiger partial charge in [-0.1, -0.05) is 12.1 Å². The molecule has 0 unspecified atom stereocenters. The first-order valence-corrected chi connectivity index (χ1v) is 10.2. The summed E-state index contributed by atoms with van der Waals surface area (Å²) in [6, 6.07) is 6.60. The first kappa shape index (κ1) is 19.2. The molecule has 5 nitrogen and oxygen atoms in total. The van der Waals surface area contributed by atoms with Crippen LogP contribution in [0.15, 0.2) is 29.2 Å². The number of hydrogen-bond acceptors (Lipinski definition) is 4. The van der Waals surface area contributed by atoms with E-state index >= 15 is 0 Å². The van der Waals surface area contributed by atoms with Crippen molar-refractivity contribution >= 4 is 39.1 Å². The maximum absolute atomic E-state index is 11.3. The van der Waals surface area contributed by atoms with E-state index in [0.29, 0.717) is 5.11 Å². The number of benzene rings is 1. The molecule has 0 aliphatic heterocycles. The van der Waals surface area contributed by atoms with Crippen molar-refractivity contribution < 1.29 is 8.42 Å². The average Bonchev–Trinajstić information content (AvgIpc) is 2.49. The Bertz CT molecular complexity index is 588. The molecule has 124 valence electrons. The van der Waals surface area contributed by atoms with Gasteiger partial charge >= 0.3 is 0 Å². The lowest BCUT2D eigenvalue weighted by Gasteiger charge is -2.28. The van der Waals surface area contributed by atoms with E-state index in [4.69, 9.17) is 17.4 Å². The van der Waals surface area contributed by atoms with Gasteiger partial charge in [0.15, 0.2) is 5.11 Å². The van der Waals surface area contributed by atoms with Crippen LogP contribution in [0, 0.1) is 0 Å². The highest BCUT2D eigenvalue weighted by Gasteiger charge is 2.15. The zero-order valence-electron chi connectivity index (χ0n) is 13.1. The van der Waals surface area contributed by atoms with Gasteiger partial charge in [0.1, 0.15) is 0 Å². The predicted molar refractivity (Wildman–Crippen MR) is 97.6 cm³/mol. The molecule has 1 aromatic rings. The number of hydrogen-bond donors (Lipinski definition) is 2. The Hall–Kier alpha value is -0.830. The van der Waals surface area contributed by atoms with Crippen LogP contribution in [-0.4, -0.2) is 44.0 Å². The van der Waals surface area contributed by atoms with Crippen LogP contribution in [0.5, 0.6) is 0 Å². The van der Waals surface area contributed by atoms with E-state index in [-0.39, 0.29) is 10.9 Å². The summed E-state index contributed by atoms with van der Waals surface area (Å²) in [5.41, 5.74) is 0.975. The van der Waals surface area contributed by atoms with Crippen LogP contribution >= 0.6 is 24.0 Å². The third-order valence-corrected chi connectivity index (χ3v) is 5.45. The molecule has 0 bridgehead atoms. The van der Waals surface area contributed by atoms with E-state index < -0.39 is 10.0 Å². The molecule has 0 fully saturated rings. The first-order chi connectivity index (χ1) is 10.3. The smallest absolute Gasteiger partial charge is 0.238 e. The van der Waals surface area contributed by atoms with Gasteiger partial charge in [-0.3, -0.25) is 0 Å². The maximum atomic E-state index is 11.3. The summed E-state index contributed by atoms with van der Waals surface area (Å²) >= 11 is 7.19. The SMILES string of the molecule is CSCCCNC(=S)N(C)[C@H](C)c1ccc(S(N)(=O)=O)cc1. The highest BCUT2D eigenvalue weighted by molar-refractivity contribution is 7.98. The molecule has 0 aliphatic rings. The Morgan fingerprint density at radius 3 is 2.50 bits per heavy atom. The van der Waals surface area contributed by atoms with Gasteiger partial charge in [-0.15, -0.1) is 0 Å². The molecule has 0 amide bonds. The highest BCUT2D eigenvalue weighted by atomic mass is 32.2. The van der Waals surface area contributed by atoms with Crippen molar-refractivity contribution in [1.29, 1.82) is 0 Å². The zero-order valence-corrected chi connectivity index (χ0v) is 15.5. The first-order valence-electron chi connectivity index (χ1n) is 6.89. The molecule has 22 heavy (non-hydrogen) atoms. The summed E-state index contributed by atoms with van der Waals surface area (Å²) in [5, 5.41) is 9.02. The van der Waals surface area contributed by atoms with Crippen LogP contribution in [0.1, 0.15) is 24.9 Å². The van der Waals surface area contributed by atoms with E-state index in [1.54, 1.807) is 12.1 Å². The predicted octanol–water partition coefficient (Wildman–Crippen LogP) is 1.95. The number of nitrogens with one attached hydrogen (secondary N) is 1. The Morgan fingerprint density at radius 2 is 2.00 bits per heavy atom. The fraction of sp³-hybridized carbons (Fsp3) is 0.500. The molecule has 8 heteroatoms. The second kappa shape index (κ2) is 8.71. The molecule has 0 aromatic heterocycles. The van der Waals surface area contributed by atoms with E-state index in [0.717, 1.165) is 24.3 Å². The lowest BCUT2D eigenvalue weighted by atomic mass is 10.1. The molecule has 0 saturated carbocycles.